The van der Waals surface area contributed by atoms with E-state index in [2.05, 4.69) is 31.0 Å². The summed E-state index contributed by atoms with van der Waals surface area (Å²) in [6.07, 6.45) is 7.12. The first kappa shape index (κ1) is 11.1. The van der Waals surface area contributed by atoms with Crippen LogP contribution in [0.3, 0.4) is 0 Å². The van der Waals surface area contributed by atoms with Gasteiger partial charge in [0.1, 0.15) is 0 Å². The van der Waals surface area contributed by atoms with Gasteiger partial charge in [-0.15, -0.1) is 0 Å². The van der Waals surface area contributed by atoms with E-state index in [4.69, 9.17) is 0 Å². The SMILES string of the molecule is Brc1ccc(-c2cnn(-c3ncccn3)c2)cc1. The van der Waals surface area contributed by atoms with Gasteiger partial charge in [-0.1, -0.05) is 28.1 Å². The molecule has 5 heteroatoms. The molecule has 3 aromatic rings. The molecule has 0 unspecified atom stereocenters. The second-order valence-electron chi connectivity index (χ2n) is 3.73. The fourth-order valence-corrected chi connectivity index (χ4v) is 1.90. The summed E-state index contributed by atoms with van der Waals surface area (Å²) in [4.78, 5) is 8.30. The van der Waals surface area contributed by atoms with Gasteiger partial charge in [0.2, 0.25) is 5.95 Å². The van der Waals surface area contributed by atoms with Gasteiger partial charge < -0.3 is 0 Å². The molecule has 0 aliphatic carbocycles. The predicted octanol–water partition coefficient (Wildman–Crippen LogP) is 3.09. The third-order valence-corrected chi connectivity index (χ3v) is 3.05. The van der Waals surface area contributed by atoms with E-state index < -0.39 is 0 Å². The van der Waals surface area contributed by atoms with Crippen molar-refractivity contribution in [2.45, 2.75) is 0 Å². The predicted molar refractivity (Wildman–Crippen MR) is 72.3 cm³/mol. The Balaban J connectivity index is 1.97. The second-order valence-corrected chi connectivity index (χ2v) is 4.64. The molecular weight excluding hydrogens is 292 g/mol. The molecule has 1 aromatic carbocycles. The summed E-state index contributed by atoms with van der Waals surface area (Å²) in [5, 5.41) is 4.27. The molecule has 0 fully saturated rings. The van der Waals surface area contributed by atoms with Crippen LogP contribution >= 0.6 is 15.9 Å². The minimum absolute atomic E-state index is 0.570. The van der Waals surface area contributed by atoms with E-state index in [0.717, 1.165) is 15.6 Å². The Kier molecular flexibility index (Phi) is 2.90. The van der Waals surface area contributed by atoms with E-state index >= 15 is 0 Å². The van der Waals surface area contributed by atoms with Gasteiger partial charge in [-0.05, 0) is 23.8 Å². The van der Waals surface area contributed by atoms with Crippen molar-refractivity contribution >= 4 is 15.9 Å². The van der Waals surface area contributed by atoms with Crippen LogP contribution in [-0.4, -0.2) is 19.7 Å². The number of rotatable bonds is 2. The summed E-state index contributed by atoms with van der Waals surface area (Å²) in [5.41, 5.74) is 2.15. The lowest BCUT2D eigenvalue weighted by atomic mass is 10.1. The minimum atomic E-state index is 0.570. The molecule has 2 heterocycles. The maximum absolute atomic E-state index is 4.27. The van der Waals surface area contributed by atoms with Gasteiger partial charge in [-0.3, -0.25) is 0 Å². The molecule has 0 amide bonds. The van der Waals surface area contributed by atoms with Crippen LogP contribution in [0.4, 0.5) is 0 Å². The van der Waals surface area contributed by atoms with Crippen molar-refractivity contribution in [3.05, 3.63) is 59.6 Å². The molecule has 0 spiro atoms. The number of hydrogen-bond donors (Lipinski definition) is 0. The number of halogens is 1. The van der Waals surface area contributed by atoms with Crippen molar-refractivity contribution in [1.82, 2.24) is 19.7 Å². The highest BCUT2D eigenvalue weighted by Gasteiger charge is 2.04. The van der Waals surface area contributed by atoms with Crippen molar-refractivity contribution in [1.29, 1.82) is 0 Å². The van der Waals surface area contributed by atoms with Crippen LogP contribution in [0.1, 0.15) is 0 Å². The molecule has 0 saturated heterocycles. The van der Waals surface area contributed by atoms with Crippen molar-refractivity contribution in [2.24, 2.45) is 0 Å². The highest BCUT2D eigenvalue weighted by atomic mass is 79.9. The molecule has 4 nitrogen and oxygen atoms in total. The molecule has 88 valence electrons. The molecule has 0 aliphatic heterocycles. The van der Waals surface area contributed by atoms with E-state index in [1.807, 2.05) is 30.5 Å². The van der Waals surface area contributed by atoms with Crippen LogP contribution in [0, 0.1) is 0 Å². The molecule has 0 radical (unpaired) electrons. The summed E-state index contributed by atoms with van der Waals surface area (Å²) < 4.78 is 2.72. The zero-order valence-electron chi connectivity index (χ0n) is 9.36. The van der Waals surface area contributed by atoms with E-state index in [-0.39, 0.29) is 0 Å². The zero-order valence-corrected chi connectivity index (χ0v) is 10.9. The first-order chi connectivity index (χ1) is 8.83. The number of aromatic nitrogens is 4. The average Bonchev–Trinajstić information content (AvgIpc) is 2.90. The van der Waals surface area contributed by atoms with Crippen LogP contribution in [0.5, 0.6) is 0 Å². The van der Waals surface area contributed by atoms with Gasteiger partial charge in [0, 0.05) is 28.6 Å². The van der Waals surface area contributed by atoms with Gasteiger partial charge >= 0.3 is 0 Å². The van der Waals surface area contributed by atoms with Crippen LogP contribution in [-0.2, 0) is 0 Å². The van der Waals surface area contributed by atoms with Crippen molar-refractivity contribution in [2.75, 3.05) is 0 Å². The maximum atomic E-state index is 4.27. The lowest BCUT2D eigenvalue weighted by molar-refractivity contribution is 0.808. The smallest absolute Gasteiger partial charge is 0.220 e. The Hall–Kier alpha value is -2.01. The van der Waals surface area contributed by atoms with E-state index in [0.29, 0.717) is 5.95 Å². The fourth-order valence-electron chi connectivity index (χ4n) is 1.63. The molecule has 18 heavy (non-hydrogen) atoms. The molecule has 0 saturated carbocycles. The zero-order chi connectivity index (χ0) is 12.4. The van der Waals surface area contributed by atoms with Crippen molar-refractivity contribution < 1.29 is 0 Å². The molecule has 0 aliphatic rings. The van der Waals surface area contributed by atoms with E-state index in [1.54, 1.807) is 29.3 Å². The van der Waals surface area contributed by atoms with Gasteiger partial charge in [0.15, 0.2) is 0 Å². The first-order valence-corrected chi connectivity index (χ1v) is 6.20. The van der Waals surface area contributed by atoms with E-state index in [1.165, 1.54) is 0 Å². The highest BCUT2D eigenvalue weighted by molar-refractivity contribution is 9.10. The van der Waals surface area contributed by atoms with Gasteiger partial charge in [-0.25, -0.2) is 14.6 Å². The normalized spacial score (nSPS) is 10.5. The maximum Gasteiger partial charge on any atom is 0.250 e. The summed E-state index contributed by atoms with van der Waals surface area (Å²) in [5.74, 6) is 0.570. The average molecular weight is 301 g/mol. The Bertz CT molecular complexity index is 646. The number of benzene rings is 1. The summed E-state index contributed by atoms with van der Waals surface area (Å²) in [6, 6.07) is 9.87. The highest BCUT2D eigenvalue weighted by Crippen LogP contribution is 2.21. The van der Waals surface area contributed by atoms with Crippen LogP contribution in [0.2, 0.25) is 0 Å². The minimum Gasteiger partial charge on any atom is -0.220 e. The Morgan fingerprint density at radius 1 is 0.944 bits per heavy atom. The summed E-state index contributed by atoms with van der Waals surface area (Å²) in [6.45, 7) is 0. The number of hydrogen-bond acceptors (Lipinski definition) is 3. The van der Waals surface area contributed by atoms with Crippen LogP contribution < -0.4 is 0 Å². The Labute approximate surface area is 112 Å². The Morgan fingerprint density at radius 2 is 1.67 bits per heavy atom. The summed E-state index contributed by atoms with van der Waals surface area (Å²) in [7, 11) is 0. The topological polar surface area (TPSA) is 43.6 Å². The quantitative estimate of drug-likeness (QED) is 0.730. The van der Waals surface area contributed by atoms with Crippen molar-refractivity contribution in [3.8, 4) is 17.1 Å². The third kappa shape index (κ3) is 2.17. The third-order valence-electron chi connectivity index (χ3n) is 2.52. The molecule has 0 bridgehead atoms. The summed E-state index contributed by atoms with van der Waals surface area (Å²) >= 11 is 3.42. The molecule has 0 N–H and O–H groups in total. The molecule has 0 atom stereocenters. The number of nitrogens with zero attached hydrogens (tertiary/aromatic N) is 4. The van der Waals surface area contributed by atoms with Gasteiger partial charge in [0.25, 0.3) is 0 Å². The first-order valence-electron chi connectivity index (χ1n) is 5.41. The Morgan fingerprint density at radius 3 is 2.39 bits per heavy atom. The van der Waals surface area contributed by atoms with Gasteiger partial charge in [0.05, 0.1) is 6.20 Å². The largest absolute Gasteiger partial charge is 0.250 e. The second kappa shape index (κ2) is 4.70. The monoisotopic (exact) mass is 300 g/mol. The molecular formula is C13H9BrN4. The van der Waals surface area contributed by atoms with E-state index in [9.17, 15) is 0 Å². The fraction of sp³-hybridized carbons (Fsp3) is 0. The standard InChI is InChI=1S/C13H9BrN4/c14-12-4-2-10(3-5-12)11-8-17-18(9-11)13-15-6-1-7-16-13/h1-9H. The molecule has 2 aromatic heterocycles. The lowest BCUT2D eigenvalue weighted by Crippen LogP contribution is -1.99. The van der Waals surface area contributed by atoms with Gasteiger partial charge in [-0.2, -0.15) is 5.10 Å². The lowest BCUT2D eigenvalue weighted by Gasteiger charge is -1.98. The molecule has 3 rings (SSSR count). The van der Waals surface area contributed by atoms with Crippen molar-refractivity contribution in [3.63, 3.8) is 0 Å². The van der Waals surface area contributed by atoms with Crippen LogP contribution in [0.25, 0.3) is 17.1 Å². The van der Waals surface area contributed by atoms with Crippen LogP contribution in [0.15, 0.2) is 59.6 Å².